The molecule has 0 radical (unpaired) electrons. The van der Waals surface area contributed by atoms with Crippen LogP contribution in [-0.2, 0) is 38.5 Å². The molecule has 0 spiro atoms. The molecule has 1 unspecified atom stereocenters. The molecule has 0 amide bonds. The van der Waals surface area contributed by atoms with Gasteiger partial charge in [0.2, 0.25) is 0 Å². The number of benzene rings is 2. The number of hydrogen-bond donors (Lipinski definition) is 0. The Balaban J connectivity index is 0.00000185. The normalized spacial score (nSPS) is 21.0. The van der Waals surface area contributed by atoms with E-state index in [4.69, 9.17) is 4.21 Å². The van der Waals surface area contributed by atoms with Gasteiger partial charge in [-0.1, -0.05) is 0 Å². The van der Waals surface area contributed by atoms with E-state index in [1.54, 1.807) is 22.9 Å². The van der Waals surface area contributed by atoms with Crippen molar-refractivity contribution in [3.63, 3.8) is 0 Å². The van der Waals surface area contributed by atoms with Crippen molar-refractivity contribution >= 4 is 23.4 Å². The molecular formula is C36H44Cl2SiZr. The fraction of sp³-hybridized carbons (Fsp3) is 0.417. The van der Waals surface area contributed by atoms with Crippen LogP contribution in [-0.4, -0.2) is 12.3 Å². The van der Waals surface area contributed by atoms with Gasteiger partial charge >= 0.3 is 241 Å². The van der Waals surface area contributed by atoms with Crippen molar-refractivity contribution in [1.29, 1.82) is 0 Å². The van der Waals surface area contributed by atoms with E-state index in [1.165, 1.54) is 50.1 Å². The molecule has 4 aliphatic rings. The van der Waals surface area contributed by atoms with Crippen molar-refractivity contribution in [1.82, 2.24) is 0 Å². The first-order chi connectivity index (χ1) is 17.5. The van der Waals surface area contributed by atoms with Crippen molar-refractivity contribution < 1.29 is 46.1 Å². The maximum atomic E-state index is 5.08. The van der Waals surface area contributed by atoms with Crippen LogP contribution in [0.1, 0.15) is 88.8 Å². The van der Waals surface area contributed by atoms with Crippen LogP contribution in [0.5, 0.6) is 0 Å². The van der Waals surface area contributed by atoms with E-state index in [1.807, 2.05) is 0 Å². The van der Waals surface area contributed by atoms with Crippen LogP contribution < -0.4 is 24.8 Å². The molecule has 0 N–H and O–H groups in total. The second-order valence-electron chi connectivity index (χ2n) is 14.6. The molecule has 0 heterocycles. The summed E-state index contributed by atoms with van der Waals surface area (Å²) in [6, 6.07) is 10.2. The van der Waals surface area contributed by atoms with Crippen LogP contribution in [0.4, 0.5) is 0 Å². The van der Waals surface area contributed by atoms with Crippen LogP contribution in [0.3, 0.4) is 0 Å². The van der Waals surface area contributed by atoms with Gasteiger partial charge in [-0.3, -0.25) is 0 Å². The van der Waals surface area contributed by atoms with Gasteiger partial charge in [0, 0.05) is 0 Å². The Labute approximate surface area is 264 Å². The van der Waals surface area contributed by atoms with E-state index in [9.17, 15) is 0 Å². The Morgan fingerprint density at radius 3 is 1.90 bits per heavy atom. The molecule has 0 fully saturated rings. The quantitative estimate of drug-likeness (QED) is 0.374. The van der Waals surface area contributed by atoms with Gasteiger partial charge < -0.3 is 24.8 Å². The maximum absolute atomic E-state index is 5.08. The fourth-order valence-electron chi connectivity index (χ4n) is 8.41. The van der Waals surface area contributed by atoms with Gasteiger partial charge in [0.15, 0.2) is 0 Å². The van der Waals surface area contributed by atoms with Gasteiger partial charge in [0.1, 0.15) is 0 Å². The first kappa shape index (κ1) is 31.9. The van der Waals surface area contributed by atoms with Gasteiger partial charge in [-0.25, -0.2) is 0 Å². The van der Waals surface area contributed by atoms with Gasteiger partial charge in [0.25, 0.3) is 0 Å². The Bertz CT molecular complexity index is 1620. The predicted molar refractivity (Wildman–Crippen MR) is 167 cm³/mol. The first-order valence-corrected chi connectivity index (χ1v) is 22.1. The number of rotatable bonds is 3. The van der Waals surface area contributed by atoms with E-state index < -0.39 is 29.3 Å². The van der Waals surface area contributed by atoms with E-state index in [0.29, 0.717) is 5.92 Å². The number of allylic oxidation sites excluding steroid dienone is 8. The zero-order chi connectivity index (χ0) is 27.7. The Hall–Kier alpha value is -1.05. The molecule has 40 heavy (non-hydrogen) atoms. The van der Waals surface area contributed by atoms with Gasteiger partial charge in [0.05, 0.1) is 0 Å². The van der Waals surface area contributed by atoms with Gasteiger partial charge in [-0.15, -0.1) is 0 Å². The molecule has 0 saturated carbocycles. The minimum atomic E-state index is -2.29. The van der Waals surface area contributed by atoms with E-state index in [2.05, 4.69) is 111 Å². The third-order valence-electron chi connectivity index (χ3n) is 10.0. The number of fused-ring (bicyclic) bond motifs is 5. The van der Waals surface area contributed by atoms with E-state index >= 15 is 0 Å². The standard InChI is InChI=1S/C25H25.C10H17Si.CH2.2ClH.Zr/c1-14-12-24(3,4)22-8-16-7-17-9-23-19(15(2)13-25(23,5)6)11-21(17)20(16)10-18(14)22;1-8-6-9(2)10(7-8)11(3,4)5;;;;/h8-12H,7H2,1-6H3;7-8H,1-5H3;1H2;2*1H;/q;;;;;+2/p-2. The molecule has 2 aromatic rings. The van der Waals surface area contributed by atoms with Crippen molar-refractivity contribution in [2.24, 2.45) is 5.92 Å². The fourth-order valence-corrected chi connectivity index (χ4v) is 18.0. The molecule has 210 valence electrons. The number of halogens is 2. The van der Waals surface area contributed by atoms with E-state index in [0.717, 1.165) is 6.42 Å². The van der Waals surface area contributed by atoms with Crippen LogP contribution in [0.25, 0.3) is 22.3 Å². The summed E-state index contributed by atoms with van der Waals surface area (Å²) in [5.74, 6) is 0.558. The maximum Gasteiger partial charge on any atom is -1.00 e. The molecule has 0 saturated heterocycles. The second kappa shape index (κ2) is 10.0. The van der Waals surface area contributed by atoms with Crippen molar-refractivity contribution in [2.75, 3.05) is 0 Å². The third-order valence-corrected chi connectivity index (χ3v) is 19.8. The topological polar surface area (TPSA) is 0 Å². The minimum Gasteiger partial charge on any atom is -1.00 e. The zero-order valence-corrected chi connectivity index (χ0v) is 31.2. The smallest absolute Gasteiger partial charge is 1.00 e. The molecular weight excluding hydrogens is 623 g/mol. The van der Waals surface area contributed by atoms with Crippen LogP contribution in [0, 0.1) is 5.92 Å². The largest absolute Gasteiger partial charge is 1.00 e. The summed E-state index contributed by atoms with van der Waals surface area (Å²) in [6.45, 7) is 26.7. The number of hydrogen-bond acceptors (Lipinski definition) is 0. The van der Waals surface area contributed by atoms with Crippen molar-refractivity contribution in [3.8, 4) is 11.1 Å². The molecule has 4 heteroatoms. The molecule has 0 nitrogen and oxygen atoms in total. The average Bonchev–Trinajstić information content (AvgIpc) is 3.43. The van der Waals surface area contributed by atoms with E-state index in [-0.39, 0.29) is 35.6 Å². The SMILES string of the molecule is [CH2]=[Zr+2]([C]1=C(C)C([Si](C)(C)C)=CC1C)[C]1=C(C)c2cc3c(cc2C1(C)C)Cc1cc2c(cc1-3)C(C)=CC2(C)C.[Cl-].[Cl-]. The van der Waals surface area contributed by atoms with Gasteiger partial charge in [-0.05, 0) is 0 Å². The van der Waals surface area contributed by atoms with Crippen LogP contribution in [0.15, 0.2) is 53.7 Å². The summed E-state index contributed by atoms with van der Waals surface area (Å²) in [5, 5.41) is 1.68. The Kier molecular flexibility index (Phi) is 7.98. The monoisotopic (exact) mass is 664 g/mol. The minimum absolute atomic E-state index is 0. The summed E-state index contributed by atoms with van der Waals surface area (Å²) < 4.78 is 8.55. The Morgan fingerprint density at radius 1 is 0.800 bits per heavy atom. The summed E-state index contributed by atoms with van der Waals surface area (Å²) in [6.07, 6.45) is 6.11. The van der Waals surface area contributed by atoms with Crippen LogP contribution >= 0.6 is 0 Å². The summed E-state index contributed by atoms with van der Waals surface area (Å²) >= 11 is -2.29. The molecule has 1 atom stereocenters. The second-order valence-corrected chi connectivity index (χ2v) is 24.5. The molecule has 2 aromatic carbocycles. The molecule has 0 bridgehead atoms. The predicted octanol–water partition coefficient (Wildman–Crippen LogP) is 3.76. The summed E-state index contributed by atoms with van der Waals surface area (Å²) in [5.41, 5.74) is 16.7. The zero-order valence-electron chi connectivity index (χ0n) is 26.2. The van der Waals surface area contributed by atoms with Crippen molar-refractivity contribution in [2.45, 2.75) is 92.3 Å². The van der Waals surface area contributed by atoms with Crippen molar-refractivity contribution in [3.05, 3.63) is 87.1 Å². The molecule has 0 aliphatic heterocycles. The summed E-state index contributed by atoms with van der Waals surface area (Å²) in [7, 11) is -1.35. The van der Waals surface area contributed by atoms with Gasteiger partial charge in [-0.2, -0.15) is 0 Å². The van der Waals surface area contributed by atoms with Crippen LogP contribution in [0.2, 0.25) is 19.6 Å². The molecule has 6 rings (SSSR count). The molecule has 4 aliphatic carbocycles. The Morgan fingerprint density at radius 2 is 1.35 bits per heavy atom. The first-order valence-electron chi connectivity index (χ1n) is 14.4. The molecule has 0 aromatic heterocycles. The third kappa shape index (κ3) is 4.42. The summed E-state index contributed by atoms with van der Waals surface area (Å²) in [4.78, 5) is 0. The average molecular weight is 667 g/mol.